The number of hydrogen-bond donors (Lipinski definition) is 1. The van der Waals surface area contributed by atoms with Crippen LogP contribution in [0.4, 0.5) is 11.4 Å². The van der Waals surface area contributed by atoms with Gasteiger partial charge in [-0.15, -0.1) is 11.8 Å². The van der Waals surface area contributed by atoms with E-state index in [-0.39, 0.29) is 15.6 Å². The molecule has 0 aliphatic rings. The van der Waals surface area contributed by atoms with E-state index < -0.39 is 22.5 Å². The summed E-state index contributed by atoms with van der Waals surface area (Å²) in [6.07, 6.45) is 0. The molecule has 0 aliphatic heterocycles. The molecule has 0 saturated heterocycles. The van der Waals surface area contributed by atoms with Crippen molar-refractivity contribution in [2.75, 3.05) is 21.9 Å². The van der Waals surface area contributed by atoms with Crippen LogP contribution in [0.5, 0.6) is 0 Å². The maximum Gasteiger partial charge on any atom is 0.264 e. The van der Waals surface area contributed by atoms with Gasteiger partial charge < -0.3 is 5.32 Å². The highest BCUT2D eigenvalue weighted by molar-refractivity contribution is 7.99. The molecule has 1 amide bonds. The second kappa shape index (κ2) is 10.4. The largest absolute Gasteiger partial charge is 0.323 e. The maximum atomic E-state index is 13.4. The number of carbonyl (C=O) groups is 1. The normalized spacial score (nSPS) is 11.2. The Bertz CT molecular complexity index is 1170. The van der Waals surface area contributed by atoms with Gasteiger partial charge in [-0.25, -0.2) is 8.42 Å². The van der Waals surface area contributed by atoms with Crippen LogP contribution in [0.3, 0.4) is 0 Å². The highest BCUT2D eigenvalue weighted by Crippen LogP contribution is 2.33. The predicted octanol–water partition coefficient (Wildman–Crippen LogP) is 5.94. The summed E-state index contributed by atoms with van der Waals surface area (Å²) in [4.78, 5) is 13.9. The van der Waals surface area contributed by atoms with Crippen LogP contribution in [-0.4, -0.2) is 26.6 Å². The zero-order valence-corrected chi connectivity index (χ0v) is 19.7. The third-order valence-corrected chi connectivity index (χ3v) is 7.53. The standard InChI is InChI=1S/C22H20Cl2N2O3S2/c1-2-30-21-11-7-6-10-19(21)25-22(27)15-26(20-13-12-16(23)14-18(20)24)31(28,29)17-8-4-3-5-9-17/h3-14H,2,15H2,1H3,(H,25,27). The third-order valence-electron chi connectivity index (χ3n) is 4.26. The smallest absolute Gasteiger partial charge is 0.264 e. The number of anilines is 2. The van der Waals surface area contributed by atoms with Crippen LogP contribution in [0, 0.1) is 0 Å². The Morgan fingerprint density at radius 1 is 1.00 bits per heavy atom. The molecule has 3 aromatic rings. The Morgan fingerprint density at radius 2 is 1.68 bits per heavy atom. The van der Waals surface area contributed by atoms with Crippen LogP contribution in [-0.2, 0) is 14.8 Å². The molecule has 0 unspecified atom stereocenters. The molecular weight excluding hydrogens is 475 g/mol. The minimum Gasteiger partial charge on any atom is -0.323 e. The number of amides is 1. The zero-order chi connectivity index (χ0) is 22.4. The molecule has 0 aliphatic carbocycles. The molecule has 5 nitrogen and oxygen atoms in total. The van der Waals surface area contributed by atoms with E-state index in [1.165, 1.54) is 30.3 Å². The lowest BCUT2D eigenvalue weighted by atomic mass is 10.3. The van der Waals surface area contributed by atoms with Gasteiger partial charge in [-0.05, 0) is 48.2 Å². The Kier molecular flexibility index (Phi) is 7.89. The number of nitrogens with one attached hydrogen (secondary N) is 1. The molecule has 9 heteroatoms. The second-order valence-corrected chi connectivity index (χ2v) is 10.4. The monoisotopic (exact) mass is 494 g/mol. The van der Waals surface area contributed by atoms with Crippen molar-refractivity contribution in [2.45, 2.75) is 16.7 Å². The van der Waals surface area contributed by atoms with Crippen molar-refractivity contribution in [3.63, 3.8) is 0 Å². The van der Waals surface area contributed by atoms with Crippen molar-refractivity contribution >= 4 is 62.3 Å². The average Bonchev–Trinajstić information content (AvgIpc) is 2.75. The fraction of sp³-hybridized carbons (Fsp3) is 0.136. The first-order chi connectivity index (χ1) is 14.8. The lowest BCUT2D eigenvalue weighted by Gasteiger charge is -2.25. The van der Waals surface area contributed by atoms with Crippen molar-refractivity contribution < 1.29 is 13.2 Å². The number of carbonyl (C=O) groups excluding carboxylic acids is 1. The molecule has 0 aromatic heterocycles. The van der Waals surface area contributed by atoms with Gasteiger partial charge in [0, 0.05) is 9.92 Å². The van der Waals surface area contributed by atoms with Gasteiger partial charge in [0.15, 0.2) is 0 Å². The number of benzene rings is 3. The lowest BCUT2D eigenvalue weighted by molar-refractivity contribution is -0.114. The summed E-state index contributed by atoms with van der Waals surface area (Å²) in [5.41, 5.74) is 0.792. The van der Waals surface area contributed by atoms with Gasteiger partial charge in [-0.3, -0.25) is 9.10 Å². The third kappa shape index (κ3) is 5.74. The summed E-state index contributed by atoms with van der Waals surface area (Å²) in [7, 11) is -4.06. The minimum absolute atomic E-state index is 0.0516. The highest BCUT2D eigenvalue weighted by atomic mass is 35.5. The maximum absolute atomic E-state index is 13.4. The number of nitrogens with zero attached hydrogens (tertiary/aromatic N) is 1. The van der Waals surface area contributed by atoms with E-state index in [0.29, 0.717) is 10.7 Å². The van der Waals surface area contributed by atoms with Gasteiger partial charge in [0.25, 0.3) is 10.0 Å². The lowest BCUT2D eigenvalue weighted by Crippen LogP contribution is -2.38. The van der Waals surface area contributed by atoms with Gasteiger partial charge in [0.2, 0.25) is 5.91 Å². The van der Waals surface area contributed by atoms with Crippen molar-refractivity contribution in [1.29, 1.82) is 0 Å². The van der Waals surface area contributed by atoms with Crippen LogP contribution in [0.1, 0.15) is 6.92 Å². The van der Waals surface area contributed by atoms with E-state index in [1.54, 1.807) is 36.0 Å². The summed E-state index contributed by atoms with van der Waals surface area (Å²) in [6, 6.07) is 19.7. The van der Waals surface area contributed by atoms with E-state index in [4.69, 9.17) is 23.2 Å². The molecule has 31 heavy (non-hydrogen) atoms. The van der Waals surface area contributed by atoms with Gasteiger partial charge in [-0.1, -0.05) is 60.5 Å². The first kappa shape index (κ1) is 23.5. The molecule has 162 valence electrons. The Morgan fingerprint density at radius 3 is 2.35 bits per heavy atom. The average molecular weight is 495 g/mol. The summed E-state index contributed by atoms with van der Waals surface area (Å²) < 4.78 is 27.7. The summed E-state index contributed by atoms with van der Waals surface area (Å²) >= 11 is 13.9. The minimum atomic E-state index is -4.06. The van der Waals surface area contributed by atoms with E-state index in [0.717, 1.165) is 15.0 Å². The molecule has 3 aromatic carbocycles. The SMILES string of the molecule is CCSc1ccccc1NC(=O)CN(c1ccc(Cl)cc1Cl)S(=O)(=O)c1ccccc1. The van der Waals surface area contributed by atoms with E-state index >= 15 is 0 Å². The van der Waals surface area contributed by atoms with E-state index in [9.17, 15) is 13.2 Å². The number of sulfonamides is 1. The quantitative estimate of drug-likeness (QED) is 0.393. The predicted molar refractivity (Wildman–Crippen MR) is 129 cm³/mol. The summed E-state index contributed by atoms with van der Waals surface area (Å²) in [6.45, 7) is 1.56. The topological polar surface area (TPSA) is 66.5 Å². The molecule has 3 rings (SSSR count). The number of thioether (sulfide) groups is 1. The van der Waals surface area contributed by atoms with Crippen molar-refractivity contribution in [3.8, 4) is 0 Å². The van der Waals surface area contributed by atoms with Gasteiger partial charge in [0.05, 0.1) is 21.3 Å². The molecule has 0 radical (unpaired) electrons. The first-order valence-corrected chi connectivity index (χ1v) is 12.6. The molecule has 1 N–H and O–H groups in total. The van der Waals surface area contributed by atoms with E-state index in [2.05, 4.69) is 5.32 Å². The molecule has 0 saturated carbocycles. The second-order valence-electron chi connectivity index (χ2n) is 6.40. The molecule has 0 spiro atoms. The van der Waals surface area contributed by atoms with Gasteiger partial charge in [-0.2, -0.15) is 0 Å². The fourth-order valence-corrected chi connectivity index (χ4v) is 5.66. The van der Waals surface area contributed by atoms with Gasteiger partial charge in [0.1, 0.15) is 6.54 Å². The number of para-hydroxylation sites is 1. The molecule has 0 bridgehead atoms. The molecule has 0 fully saturated rings. The Balaban J connectivity index is 1.97. The van der Waals surface area contributed by atoms with Crippen LogP contribution < -0.4 is 9.62 Å². The Hall–Kier alpha value is -2.19. The van der Waals surface area contributed by atoms with Crippen molar-refractivity contribution in [3.05, 3.63) is 82.8 Å². The molecule has 0 heterocycles. The number of hydrogen-bond acceptors (Lipinski definition) is 4. The summed E-state index contributed by atoms with van der Waals surface area (Å²) in [5, 5.41) is 3.30. The highest BCUT2D eigenvalue weighted by Gasteiger charge is 2.29. The summed E-state index contributed by atoms with van der Waals surface area (Å²) in [5.74, 6) is 0.344. The molecular formula is C22H20Cl2N2O3S2. The van der Waals surface area contributed by atoms with E-state index in [1.807, 2.05) is 25.1 Å². The van der Waals surface area contributed by atoms with Crippen molar-refractivity contribution in [2.24, 2.45) is 0 Å². The van der Waals surface area contributed by atoms with Gasteiger partial charge >= 0.3 is 0 Å². The van der Waals surface area contributed by atoms with Crippen LogP contribution in [0.2, 0.25) is 10.0 Å². The van der Waals surface area contributed by atoms with Crippen molar-refractivity contribution in [1.82, 2.24) is 0 Å². The van der Waals surface area contributed by atoms with Crippen LogP contribution in [0.15, 0.2) is 82.6 Å². The first-order valence-electron chi connectivity index (χ1n) is 9.37. The number of halogens is 2. The number of rotatable bonds is 8. The zero-order valence-electron chi connectivity index (χ0n) is 16.6. The van der Waals surface area contributed by atoms with Crippen LogP contribution in [0.25, 0.3) is 0 Å². The molecule has 0 atom stereocenters. The van der Waals surface area contributed by atoms with Crippen LogP contribution >= 0.6 is 35.0 Å². The Labute approximate surface area is 196 Å². The fourth-order valence-electron chi connectivity index (χ4n) is 2.87.